The summed E-state index contributed by atoms with van der Waals surface area (Å²) in [6, 6.07) is 4.85. The number of rotatable bonds is 4. The van der Waals surface area contributed by atoms with Crippen molar-refractivity contribution in [1.82, 2.24) is 10.6 Å². The Morgan fingerprint density at radius 3 is 2.95 bits per heavy atom. The minimum atomic E-state index is -0.463. The highest BCUT2D eigenvalue weighted by Crippen LogP contribution is 2.19. The molecule has 1 saturated heterocycles. The maximum atomic E-state index is 12.0. The first-order chi connectivity index (χ1) is 9.58. The highest BCUT2D eigenvalue weighted by molar-refractivity contribution is 5.95. The van der Waals surface area contributed by atoms with E-state index in [2.05, 4.69) is 10.6 Å². The van der Waals surface area contributed by atoms with E-state index in [1.807, 2.05) is 0 Å². The molecule has 0 aromatic heterocycles. The van der Waals surface area contributed by atoms with Crippen LogP contribution in [-0.2, 0) is 0 Å². The number of nitrogens with zero attached hydrogens (tertiary/aromatic N) is 1. The van der Waals surface area contributed by atoms with E-state index < -0.39 is 4.92 Å². The average molecular weight is 277 g/mol. The summed E-state index contributed by atoms with van der Waals surface area (Å²) in [4.78, 5) is 22.4. The van der Waals surface area contributed by atoms with Gasteiger partial charge in [0.1, 0.15) is 0 Å². The van der Waals surface area contributed by atoms with Gasteiger partial charge in [-0.25, -0.2) is 0 Å². The number of hydrogen-bond donors (Lipinski definition) is 2. The summed E-state index contributed by atoms with van der Waals surface area (Å²) < 4.78 is 0. The van der Waals surface area contributed by atoms with Crippen LogP contribution >= 0.6 is 0 Å². The lowest BCUT2D eigenvalue weighted by Gasteiger charge is -2.23. The van der Waals surface area contributed by atoms with Crippen molar-refractivity contribution < 1.29 is 9.72 Å². The molecular weight excluding hydrogens is 258 g/mol. The number of carbonyl (C=O) groups is 1. The number of nitrogens with one attached hydrogen (secondary N) is 2. The van der Waals surface area contributed by atoms with Crippen LogP contribution in [0.25, 0.3) is 0 Å². The molecule has 0 saturated carbocycles. The number of nitro benzene ring substituents is 1. The summed E-state index contributed by atoms with van der Waals surface area (Å²) in [5.41, 5.74) is 0.868. The zero-order valence-corrected chi connectivity index (χ0v) is 11.5. The minimum Gasteiger partial charge on any atom is -0.350 e. The van der Waals surface area contributed by atoms with Crippen LogP contribution in [0.2, 0.25) is 0 Å². The monoisotopic (exact) mass is 277 g/mol. The molecule has 1 amide bonds. The Bertz CT molecular complexity index is 510. The second-order valence-electron chi connectivity index (χ2n) is 5.12. The van der Waals surface area contributed by atoms with Gasteiger partial charge in [-0.1, -0.05) is 12.5 Å². The van der Waals surface area contributed by atoms with Gasteiger partial charge in [0.25, 0.3) is 11.6 Å². The first-order valence-corrected chi connectivity index (χ1v) is 6.84. The predicted molar refractivity (Wildman–Crippen MR) is 75.8 cm³/mol. The topological polar surface area (TPSA) is 84.3 Å². The van der Waals surface area contributed by atoms with Crippen molar-refractivity contribution in [1.29, 1.82) is 0 Å². The summed E-state index contributed by atoms with van der Waals surface area (Å²) in [5, 5.41) is 17.0. The van der Waals surface area contributed by atoms with Crippen LogP contribution in [0.4, 0.5) is 5.69 Å². The molecule has 0 spiro atoms. The molecule has 0 bridgehead atoms. The van der Waals surface area contributed by atoms with E-state index in [0.29, 0.717) is 23.7 Å². The molecule has 1 heterocycles. The summed E-state index contributed by atoms with van der Waals surface area (Å²) in [7, 11) is 0. The van der Waals surface area contributed by atoms with E-state index in [0.717, 1.165) is 13.0 Å². The molecule has 1 aliphatic heterocycles. The Kier molecular flexibility index (Phi) is 4.68. The van der Waals surface area contributed by atoms with Crippen molar-refractivity contribution in [2.45, 2.75) is 32.2 Å². The first kappa shape index (κ1) is 14.5. The normalized spacial score (nSPS) is 18.6. The van der Waals surface area contributed by atoms with Crippen molar-refractivity contribution in [3.8, 4) is 0 Å². The minimum absolute atomic E-state index is 0.0200. The van der Waals surface area contributed by atoms with Gasteiger partial charge in [-0.15, -0.1) is 0 Å². The van der Waals surface area contributed by atoms with Gasteiger partial charge in [0.2, 0.25) is 0 Å². The van der Waals surface area contributed by atoms with Crippen LogP contribution in [-0.4, -0.2) is 30.0 Å². The summed E-state index contributed by atoms with van der Waals surface area (Å²) >= 11 is 0. The van der Waals surface area contributed by atoms with Gasteiger partial charge >= 0.3 is 0 Å². The van der Waals surface area contributed by atoms with Crippen molar-refractivity contribution in [3.63, 3.8) is 0 Å². The third kappa shape index (κ3) is 3.54. The molecule has 108 valence electrons. The average Bonchev–Trinajstić information content (AvgIpc) is 2.46. The maximum absolute atomic E-state index is 12.0. The number of aryl methyl sites for hydroxylation is 1. The predicted octanol–water partition coefficient (Wildman–Crippen LogP) is 1.78. The lowest BCUT2D eigenvalue weighted by atomic mass is 10.0. The highest BCUT2D eigenvalue weighted by Gasteiger charge is 2.17. The molecule has 1 unspecified atom stereocenters. The Hall–Kier alpha value is -1.95. The number of amides is 1. The lowest BCUT2D eigenvalue weighted by molar-refractivity contribution is -0.385. The van der Waals surface area contributed by atoms with Gasteiger partial charge in [-0.05, 0) is 32.4 Å². The van der Waals surface area contributed by atoms with Gasteiger partial charge in [-0.2, -0.15) is 0 Å². The summed E-state index contributed by atoms with van der Waals surface area (Å²) in [6.45, 7) is 3.20. The van der Waals surface area contributed by atoms with Crippen LogP contribution < -0.4 is 10.6 Å². The van der Waals surface area contributed by atoms with E-state index >= 15 is 0 Å². The summed E-state index contributed by atoms with van der Waals surface area (Å²) in [6.07, 6.45) is 3.40. The highest BCUT2D eigenvalue weighted by atomic mass is 16.6. The van der Waals surface area contributed by atoms with Crippen LogP contribution in [0.3, 0.4) is 0 Å². The van der Waals surface area contributed by atoms with Gasteiger partial charge in [0, 0.05) is 29.8 Å². The number of nitro groups is 1. The molecule has 1 aliphatic rings. The molecule has 2 N–H and O–H groups in total. The van der Waals surface area contributed by atoms with Crippen molar-refractivity contribution >= 4 is 11.6 Å². The van der Waals surface area contributed by atoms with Crippen molar-refractivity contribution in [2.24, 2.45) is 0 Å². The molecule has 6 nitrogen and oxygen atoms in total. The van der Waals surface area contributed by atoms with E-state index in [1.54, 1.807) is 19.1 Å². The van der Waals surface area contributed by atoms with E-state index in [4.69, 9.17) is 0 Å². The van der Waals surface area contributed by atoms with Crippen LogP contribution in [0, 0.1) is 17.0 Å². The molecule has 1 atom stereocenters. The molecule has 20 heavy (non-hydrogen) atoms. The fraction of sp³-hybridized carbons (Fsp3) is 0.500. The zero-order chi connectivity index (χ0) is 14.5. The SMILES string of the molecule is Cc1ccc(C(=O)NCC2CCCCN2)cc1[N+](=O)[O-]. The van der Waals surface area contributed by atoms with E-state index in [1.165, 1.54) is 18.9 Å². The molecule has 1 aromatic carbocycles. The molecule has 1 fully saturated rings. The number of benzene rings is 1. The van der Waals surface area contributed by atoms with Crippen molar-refractivity contribution in [2.75, 3.05) is 13.1 Å². The van der Waals surface area contributed by atoms with Crippen molar-refractivity contribution in [3.05, 3.63) is 39.4 Å². The molecule has 6 heteroatoms. The van der Waals surface area contributed by atoms with Gasteiger partial charge < -0.3 is 10.6 Å². The van der Waals surface area contributed by atoms with Gasteiger partial charge in [0.05, 0.1) is 4.92 Å². The van der Waals surface area contributed by atoms with Crippen LogP contribution in [0.5, 0.6) is 0 Å². The van der Waals surface area contributed by atoms with Crippen LogP contribution in [0.1, 0.15) is 35.2 Å². The first-order valence-electron chi connectivity index (χ1n) is 6.84. The Morgan fingerprint density at radius 1 is 1.50 bits per heavy atom. The molecule has 0 radical (unpaired) electrons. The largest absolute Gasteiger partial charge is 0.350 e. The third-order valence-electron chi connectivity index (χ3n) is 3.59. The Balaban J connectivity index is 1.98. The lowest BCUT2D eigenvalue weighted by Crippen LogP contribution is -2.43. The smallest absolute Gasteiger partial charge is 0.273 e. The molecule has 2 rings (SSSR count). The third-order valence-corrected chi connectivity index (χ3v) is 3.59. The second kappa shape index (κ2) is 6.47. The van der Waals surface area contributed by atoms with Crippen LogP contribution in [0.15, 0.2) is 18.2 Å². The number of hydrogen-bond acceptors (Lipinski definition) is 4. The van der Waals surface area contributed by atoms with Gasteiger partial charge in [0.15, 0.2) is 0 Å². The second-order valence-corrected chi connectivity index (χ2v) is 5.12. The summed E-state index contributed by atoms with van der Waals surface area (Å²) in [5.74, 6) is -0.263. The molecular formula is C14H19N3O3. The van der Waals surface area contributed by atoms with E-state index in [-0.39, 0.29) is 11.6 Å². The Morgan fingerprint density at radius 2 is 2.30 bits per heavy atom. The van der Waals surface area contributed by atoms with Gasteiger partial charge in [-0.3, -0.25) is 14.9 Å². The Labute approximate surface area is 117 Å². The standard InChI is InChI=1S/C14H19N3O3/c1-10-5-6-11(8-13(10)17(19)20)14(18)16-9-12-4-2-3-7-15-12/h5-6,8,12,15H,2-4,7,9H2,1H3,(H,16,18). The quantitative estimate of drug-likeness (QED) is 0.649. The maximum Gasteiger partial charge on any atom is 0.273 e. The van der Waals surface area contributed by atoms with E-state index in [9.17, 15) is 14.9 Å². The number of carbonyl (C=O) groups excluding carboxylic acids is 1. The molecule has 1 aromatic rings. The zero-order valence-electron chi connectivity index (χ0n) is 11.5. The number of piperidine rings is 1. The molecule has 0 aliphatic carbocycles. The fourth-order valence-corrected chi connectivity index (χ4v) is 2.36. The fourth-order valence-electron chi connectivity index (χ4n) is 2.36.